The summed E-state index contributed by atoms with van der Waals surface area (Å²) in [5.41, 5.74) is 0.589. The highest BCUT2D eigenvalue weighted by atomic mass is 32.3. The van der Waals surface area contributed by atoms with E-state index in [0.29, 0.717) is 46.9 Å². The number of nitrogens with one attached hydrogen (secondary N) is 3. The summed E-state index contributed by atoms with van der Waals surface area (Å²) >= 11 is 1.02. The second kappa shape index (κ2) is 9.92. The van der Waals surface area contributed by atoms with Crippen LogP contribution < -0.4 is 14.8 Å². The van der Waals surface area contributed by atoms with Gasteiger partial charge in [-0.05, 0) is 51.9 Å². The molecule has 0 radical (unpaired) electrons. The van der Waals surface area contributed by atoms with Gasteiger partial charge in [0.05, 0.1) is 10.5 Å². The molecule has 17 heteroatoms. The van der Waals surface area contributed by atoms with Gasteiger partial charge in [-0.1, -0.05) is 18.0 Å². The Hall–Kier alpha value is -0.920. The highest BCUT2D eigenvalue weighted by molar-refractivity contribution is 8.06. The van der Waals surface area contributed by atoms with Crippen molar-refractivity contribution in [2.24, 2.45) is 0 Å². The highest BCUT2D eigenvalue weighted by Crippen LogP contribution is 2.44. The Labute approximate surface area is 226 Å². The maximum Gasteiger partial charge on any atom is 0.263 e. The fraction of sp³-hybridized carbons (Fsp3) is 0.600. The molecular formula is C20H29N3O8S6. The van der Waals surface area contributed by atoms with Crippen LogP contribution in [-0.2, 0) is 39.7 Å². The van der Waals surface area contributed by atoms with Gasteiger partial charge in [-0.3, -0.25) is 0 Å². The SMILES string of the molecule is CCN[C@H]1C[C@H](C)S(=O)(=O)c2sc(S(=O)(=O)NS(=O)(=O)c3cc4c(s3)S(=O)(=O)[C@H](C)C[C@H]4NCC)cc21. The first-order chi connectivity index (χ1) is 17.1. The monoisotopic (exact) mass is 631 g/mol. The van der Waals surface area contributed by atoms with E-state index >= 15 is 0 Å². The molecule has 4 rings (SSSR count). The zero-order valence-corrected chi connectivity index (χ0v) is 25.4. The summed E-state index contributed by atoms with van der Waals surface area (Å²) in [5.74, 6) is 0. The van der Waals surface area contributed by atoms with Crippen LogP contribution in [0.15, 0.2) is 29.0 Å². The second-order valence-corrected chi connectivity index (χ2v) is 20.4. The molecule has 0 aliphatic carbocycles. The Kier molecular flexibility index (Phi) is 7.80. The number of hydrogen-bond acceptors (Lipinski definition) is 12. The van der Waals surface area contributed by atoms with Gasteiger partial charge in [-0.25, -0.2) is 33.7 Å². The average Bonchev–Trinajstić information content (AvgIpc) is 3.43. The average molecular weight is 632 g/mol. The Morgan fingerprint density at radius 1 is 0.757 bits per heavy atom. The molecule has 0 unspecified atom stereocenters. The van der Waals surface area contributed by atoms with Crippen LogP contribution in [0, 0.1) is 0 Å². The van der Waals surface area contributed by atoms with Gasteiger partial charge in [0.25, 0.3) is 20.0 Å². The lowest BCUT2D eigenvalue weighted by Crippen LogP contribution is -2.33. The van der Waals surface area contributed by atoms with E-state index in [-0.39, 0.29) is 21.3 Å². The van der Waals surface area contributed by atoms with Gasteiger partial charge in [0.1, 0.15) is 16.8 Å². The predicted octanol–water partition coefficient (Wildman–Crippen LogP) is 1.91. The van der Waals surface area contributed by atoms with E-state index in [1.807, 2.05) is 13.8 Å². The number of rotatable bonds is 8. The molecule has 2 aromatic rings. The van der Waals surface area contributed by atoms with Gasteiger partial charge < -0.3 is 10.6 Å². The number of hydrogen-bond donors (Lipinski definition) is 3. The topological polar surface area (TPSA) is 173 Å². The summed E-state index contributed by atoms with van der Waals surface area (Å²) in [6.45, 7) is 7.84. The normalized spacial score (nSPS) is 26.9. The zero-order chi connectivity index (χ0) is 27.6. The Morgan fingerprint density at radius 2 is 1.11 bits per heavy atom. The first-order valence-electron chi connectivity index (χ1n) is 11.6. The summed E-state index contributed by atoms with van der Waals surface area (Å²) in [4.78, 5) is 0. The molecule has 0 amide bonds. The fourth-order valence-corrected chi connectivity index (χ4v) is 15.8. The number of sulfone groups is 2. The maximum atomic E-state index is 13.2. The van der Waals surface area contributed by atoms with E-state index in [0.717, 1.165) is 0 Å². The third kappa shape index (κ3) is 5.06. The van der Waals surface area contributed by atoms with Gasteiger partial charge >= 0.3 is 0 Å². The van der Waals surface area contributed by atoms with Gasteiger partial charge in [0.15, 0.2) is 19.7 Å². The van der Waals surface area contributed by atoms with Crippen molar-refractivity contribution in [3.8, 4) is 0 Å². The quantitative estimate of drug-likeness (QED) is 0.391. The Bertz CT molecular complexity index is 1520. The molecule has 2 aliphatic rings. The van der Waals surface area contributed by atoms with Crippen molar-refractivity contribution in [3.63, 3.8) is 0 Å². The maximum absolute atomic E-state index is 13.2. The minimum absolute atomic E-state index is 0.102. The van der Waals surface area contributed by atoms with Crippen LogP contribution in [0.2, 0.25) is 0 Å². The Morgan fingerprint density at radius 3 is 1.43 bits per heavy atom. The van der Waals surface area contributed by atoms with Crippen LogP contribution in [0.25, 0.3) is 0 Å². The second-order valence-electron chi connectivity index (χ2n) is 9.11. The molecule has 0 spiro atoms. The molecule has 2 aromatic heterocycles. The minimum atomic E-state index is -4.70. The van der Waals surface area contributed by atoms with Crippen molar-refractivity contribution in [3.05, 3.63) is 23.3 Å². The zero-order valence-electron chi connectivity index (χ0n) is 20.5. The van der Waals surface area contributed by atoms with Crippen molar-refractivity contribution >= 4 is 62.4 Å². The smallest absolute Gasteiger partial charge is 0.263 e. The standard InChI is InChI=1S/C20H29N3O8S6/c1-5-21-15-7-11(3)34(24,25)19-13(15)9-17(32-19)36(28,29)23-37(30,31)18-10-14-16(22-6-2)8-12(4)35(26,27)20(14)33-18/h9-12,15-16,21-23H,5-8H2,1-4H3/t11-,12+,15-,16+. The van der Waals surface area contributed by atoms with Crippen LogP contribution in [0.5, 0.6) is 0 Å². The van der Waals surface area contributed by atoms with Crippen LogP contribution in [0.1, 0.15) is 63.7 Å². The van der Waals surface area contributed by atoms with E-state index in [2.05, 4.69) is 10.6 Å². The molecule has 0 saturated carbocycles. The van der Waals surface area contributed by atoms with E-state index in [4.69, 9.17) is 0 Å². The van der Waals surface area contributed by atoms with Crippen LogP contribution in [-0.4, -0.2) is 57.3 Å². The molecular weight excluding hydrogens is 603 g/mol. The molecule has 4 atom stereocenters. The summed E-state index contributed by atoms with van der Waals surface area (Å²) in [5, 5.41) is 4.83. The van der Waals surface area contributed by atoms with Crippen molar-refractivity contribution < 1.29 is 33.7 Å². The lowest BCUT2D eigenvalue weighted by atomic mass is 10.1. The summed E-state index contributed by atoms with van der Waals surface area (Å²) in [6.07, 6.45) is 0.511. The fourth-order valence-electron chi connectivity index (χ4n) is 4.57. The molecule has 37 heavy (non-hydrogen) atoms. The highest BCUT2D eigenvalue weighted by Gasteiger charge is 2.42. The van der Waals surface area contributed by atoms with Crippen molar-refractivity contribution in [1.29, 1.82) is 0 Å². The predicted molar refractivity (Wildman–Crippen MR) is 142 cm³/mol. The van der Waals surface area contributed by atoms with E-state index in [1.165, 1.54) is 12.1 Å². The first kappa shape index (κ1) is 29.1. The van der Waals surface area contributed by atoms with E-state index < -0.39 is 70.7 Å². The third-order valence-electron chi connectivity index (χ3n) is 6.52. The molecule has 0 saturated heterocycles. The lowest BCUT2D eigenvalue weighted by Gasteiger charge is -2.27. The van der Waals surface area contributed by atoms with Gasteiger partial charge in [-0.2, -0.15) is 0 Å². The molecule has 0 fully saturated rings. The molecule has 0 aromatic carbocycles. The molecule has 3 N–H and O–H groups in total. The van der Waals surface area contributed by atoms with Crippen LogP contribution in [0.3, 0.4) is 0 Å². The first-order valence-corrected chi connectivity index (χ1v) is 19.3. The number of sulfonamides is 2. The molecule has 11 nitrogen and oxygen atoms in total. The van der Waals surface area contributed by atoms with Gasteiger partial charge in [0.2, 0.25) is 0 Å². The lowest BCUT2D eigenvalue weighted by molar-refractivity contribution is 0.477. The summed E-state index contributed by atoms with van der Waals surface area (Å²) < 4.78 is 105. The molecule has 208 valence electrons. The largest absolute Gasteiger partial charge is 0.310 e. The molecule has 2 aliphatic heterocycles. The number of fused-ring (bicyclic) bond motifs is 2. The van der Waals surface area contributed by atoms with Crippen molar-refractivity contribution in [2.75, 3.05) is 13.1 Å². The Balaban J connectivity index is 1.73. The van der Waals surface area contributed by atoms with E-state index in [9.17, 15) is 33.7 Å². The van der Waals surface area contributed by atoms with Crippen LogP contribution in [0.4, 0.5) is 0 Å². The molecule has 0 bridgehead atoms. The third-order valence-corrected chi connectivity index (χ3v) is 18.8. The van der Waals surface area contributed by atoms with E-state index in [1.54, 1.807) is 18.0 Å². The molecule has 4 heterocycles. The minimum Gasteiger partial charge on any atom is -0.310 e. The van der Waals surface area contributed by atoms with Crippen molar-refractivity contribution in [2.45, 2.75) is 80.0 Å². The summed E-state index contributed by atoms with van der Waals surface area (Å²) in [7, 11) is -17.0. The van der Waals surface area contributed by atoms with Crippen molar-refractivity contribution in [1.82, 2.24) is 14.8 Å². The van der Waals surface area contributed by atoms with Gasteiger partial charge in [-0.15, -0.1) is 22.7 Å². The van der Waals surface area contributed by atoms with Crippen LogP contribution >= 0.6 is 22.7 Å². The number of thiophene rings is 2. The van der Waals surface area contributed by atoms with Gasteiger partial charge in [0, 0.05) is 23.2 Å². The summed E-state index contributed by atoms with van der Waals surface area (Å²) in [6, 6.07) is 1.60.